The summed E-state index contributed by atoms with van der Waals surface area (Å²) in [4.78, 5) is 12.8. The van der Waals surface area contributed by atoms with Crippen LogP contribution in [0, 0.1) is 13.8 Å². The maximum absolute atomic E-state index is 12.6. The Labute approximate surface area is 132 Å². The summed E-state index contributed by atoms with van der Waals surface area (Å²) in [5.41, 5.74) is 1.35. The lowest BCUT2D eigenvalue weighted by atomic mass is 10.3. The number of rotatable bonds is 3. The first kappa shape index (κ1) is 16.0. The summed E-state index contributed by atoms with van der Waals surface area (Å²) in [5, 5.41) is 4.16. The van der Waals surface area contributed by atoms with E-state index in [0.717, 1.165) is 21.9 Å². The average Bonchev–Trinajstić information content (AvgIpc) is 2.87. The lowest BCUT2D eigenvalue weighted by molar-refractivity contribution is 0.101. The van der Waals surface area contributed by atoms with E-state index in [2.05, 4.69) is 5.10 Å². The largest absolute Gasteiger partial charge is 0.282 e. The molecule has 2 aromatic heterocycles. The van der Waals surface area contributed by atoms with Gasteiger partial charge in [-0.1, -0.05) is 11.6 Å². The van der Waals surface area contributed by atoms with Gasteiger partial charge in [-0.15, -0.1) is 11.3 Å². The number of aryl methyl sites for hydroxylation is 2. The van der Waals surface area contributed by atoms with Gasteiger partial charge < -0.3 is 0 Å². The molecule has 0 aromatic carbocycles. The highest BCUT2D eigenvalue weighted by Gasteiger charge is 2.32. The second-order valence-corrected chi connectivity index (χ2v) is 8.13. The van der Waals surface area contributed by atoms with E-state index in [1.165, 1.54) is 10.7 Å². The zero-order valence-corrected chi connectivity index (χ0v) is 14.3. The van der Waals surface area contributed by atoms with E-state index >= 15 is 0 Å². The molecule has 21 heavy (non-hydrogen) atoms. The molecule has 2 aromatic rings. The molecule has 6 nitrogen and oxygen atoms in total. The van der Waals surface area contributed by atoms with Gasteiger partial charge in [-0.05, 0) is 26.0 Å². The summed E-state index contributed by atoms with van der Waals surface area (Å²) in [6.07, 6.45) is 0.992. The molecule has 0 aliphatic rings. The van der Waals surface area contributed by atoms with Crippen molar-refractivity contribution in [2.24, 2.45) is 7.05 Å². The number of aromatic nitrogens is 2. The van der Waals surface area contributed by atoms with Crippen LogP contribution in [-0.4, -0.2) is 30.4 Å². The quantitative estimate of drug-likeness (QED) is 0.854. The molecule has 0 spiro atoms. The van der Waals surface area contributed by atoms with Crippen LogP contribution in [0.2, 0.25) is 4.34 Å². The molecular formula is C12H14ClN3O3S2. The molecule has 9 heteroatoms. The number of hydrogen-bond acceptors (Lipinski definition) is 5. The SMILES string of the molecule is Cc1nn(C)c(C)c1N(C(=O)c1ccc(Cl)s1)S(C)(=O)=O. The standard InChI is InChI=1S/C12H14ClN3O3S2/c1-7-11(8(2)15(3)14-7)16(21(4,18)19)12(17)9-5-6-10(13)20-9/h5-6H,1-4H3. The van der Waals surface area contributed by atoms with Gasteiger partial charge in [0.05, 0.1) is 26.9 Å². The summed E-state index contributed by atoms with van der Waals surface area (Å²) in [7, 11) is -2.10. The Hall–Kier alpha value is -1.38. The van der Waals surface area contributed by atoms with E-state index in [1.807, 2.05) is 0 Å². The van der Waals surface area contributed by atoms with Crippen LogP contribution in [0.3, 0.4) is 0 Å². The molecule has 0 saturated carbocycles. The first-order valence-corrected chi connectivity index (χ1v) is 8.97. The van der Waals surface area contributed by atoms with Gasteiger partial charge in [0.2, 0.25) is 10.0 Å². The molecule has 0 saturated heterocycles. The number of carbonyl (C=O) groups is 1. The van der Waals surface area contributed by atoms with E-state index in [-0.39, 0.29) is 10.6 Å². The van der Waals surface area contributed by atoms with Crippen LogP contribution in [0.15, 0.2) is 12.1 Å². The number of amides is 1. The molecule has 0 N–H and O–H groups in total. The number of anilines is 1. The molecule has 0 radical (unpaired) electrons. The fourth-order valence-corrected chi connectivity index (χ4v) is 4.03. The number of carbonyl (C=O) groups excluding carboxylic acids is 1. The Bertz CT molecular complexity index is 808. The predicted octanol–water partition coefficient (Wildman–Crippen LogP) is 2.36. The summed E-state index contributed by atoms with van der Waals surface area (Å²) in [5.74, 6) is -0.631. The van der Waals surface area contributed by atoms with Gasteiger partial charge in [0.15, 0.2) is 0 Å². The molecule has 0 bridgehead atoms. The summed E-state index contributed by atoms with van der Waals surface area (Å²) < 4.78 is 27.0. The average molecular weight is 348 g/mol. The van der Waals surface area contributed by atoms with Gasteiger partial charge in [0, 0.05) is 7.05 Å². The highest BCUT2D eigenvalue weighted by Crippen LogP contribution is 2.30. The van der Waals surface area contributed by atoms with E-state index in [9.17, 15) is 13.2 Å². The second-order valence-electron chi connectivity index (χ2n) is 4.58. The minimum Gasteiger partial charge on any atom is -0.270 e. The third kappa shape index (κ3) is 2.97. The van der Waals surface area contributed by atoms with Crippen molar-refractivity contribution in [3.8, 4) is 0 Å². The van der Waals surface area contributed by atoms with Crippen molar-refractivity contribution in [2.75, 3.05) is 10.6 Å². The Kier molecular flexibility index (Phi) is 4.14. The summed E-state index contributed by atoms with van der Waals surface area (Å²) >= 11 is 6.85. The Morgan fingerprint density at radius 3 is 2.38 bits per heavy atom. The van der Waals surface area contributed by atoms with E-state index in [4.69, 9.17) is 11.6 Å². The Morgan fingerprint density at radius 2 is 2.00 bits per heavy atom. The topological polar surface area (TPSA) is 72.3 Å². The van der Waals surface area contributed by atoms with Crippen LogP contribution >= 0.6 is 22.9 Å². The second kappa shape index (κ2) is 5.43. The highest BCUT2D eigenvalue weighted by atomic mass is 35.5. The molecule has 2 rings (SSSR count). The Morgan fingerprint density at radius 1 is 1.38 bits per heavy atom. The van der Waals surface area contributed by atoms with Crippen LogP contribution in [0.25, 0.3) is 0 Å². The fraction of sp³-hybridized carbons (Fsp3) is 0.333. The van der Waals surface area contributed by atoms with Crippen LogP contribution in [0.5, 0.6) is 0 Å². The molecule has 0 unspecified atom stereocenters. The van der Waals surface area contributed by atoms with Crippen molar-refractivity contribution in [1.82, 2.24) is 9.78 Å². The third-order valence-electron chi connectivity index (χ3n) is 2.97. The maximum atomic E-state index is 12.6. The van der Waals surface area contributed by atoms with Crippen molar-refractivity contribution < 1.29 is 13.2 Å². The van der Waals surface area contributed by atoms with Crippen LogP contribution < -0.4 is 4.31 Å². The normalized spacial score (nSPS) is 11.7. The lowest BCUT2D eigenvalue weighted by Gasteiger charge is -2.20. The Balaban J connectivity index is 2.63. The molecule has 2 heterocycles. The highest BCUT2D eigenvalue weighted by molar-refractivity contribution is 7.92. The van der Waals surface area contributed by atoms with E-state index in [0.29, 0.717) is 15.7 Å². The van der Waals surface area contributed by atoms with Crippen molar-refractivity contribution in [1.29, 1.82) is 0 Å². The zero-order valence-electron chi connectivity index (χ0n) is 11.9. The number of thiophene rings is 1. The number of halogens is 1. The smallest absolute Gasteiger partial charge is 0.270 e. The van der Waals surface area contributed by atoms with Gasteiger partial charge in [-0.2, -0.15) is 9.40 Å². The van der Waals surface area contributed by atoms with Crippen molar-refractivity contribution in [2.45, 2.75) is 13.8 Å². The number of nitrogens with zero attached hydrogens (tertiary/aromatic N) is 3. The molecular weight excluding hydrogens is 334 g/mol. The van der Waals surface area contributed by atoms with Gasteiger partial charge in [0.1, 0.15) is 5.69 Å². The first-order chi connectivity index (χ1) is 9.62. The number of hydrogen-bond donors (Lipinski definition) is 0. The minimum atomic E-state index is -3.79. The molecule has 0 atom stereocenters. The fourth-order valence-electron chi connectivity index (χ4n) is 2.00. The minimum absolute atomic E-state index is 0.257. The van der Waals surface area contributed by atoms with Crippen molar-refractivity contribution in [3.63, 3.8) is 0 Å². The van der Waals surface area contributed by atoms with Gasteiger partial charge in [-0.25, -0.2) is 8.42 Å². The predicted molar refractivity (Wildman–Crippen MR) is 83.7 cm³/mol. The molecule has 1 amide bonds. The van der Waals surface area contributed by atoms with Gasteiger partial charge >= 0.3 is 0 Å². The molecule has 0 aliphatic heterocycles. The maximum Gasteiger partial charge on any atom is 0.282 e. The van der Waals surface area contributed by atoms with Gasteiger partial charge in [0.25, 0.3) is 5.91 Å². The summed E-state index contributed by atoms with van der Waals surface area (Å²) in [6, 6.07) is 3.07. The van der Waals surface area contributed by atoms with Crippen LogP contribution in [0.4, 0.5) is 5.69 Å². The van der Waals surface area contributed by atoms with Crippen molar-refractivity contribution in [3.05, 3.63) is 32.7 Å². The van der Waals surface area contributed by atoms with E-state index in [1.54, 1.807) is 27.0 Å². The molecule has 0 aliphatic carbocycles. The summed E-state index contributed by atoms with van der Waals surface area (Å²) in [6.45, 7) is 3.37. The number of sulfonamides is 1. The van der Waals surface area contributed by atoms with Gasteiger partial charge in [-0.3, -0.25) is 9.48 Å². The first-order valence-electron chi connectivity index (χ1n) is 5.93. The van der Waals surface area contributed by atoms with Crippen molar-refractivity contribution >= 4 is 44.6 Å². The monoisotopic (exact) mass is 347 g/mol. The molecule has 114 valence electrons. The van der Waals surface area contributed by atoms with Crippen LogP contribution in [-0.2, 0) is 17.1 Å². The molecule has 0 fully saturated rings. The van der Waals surface area contributed by atoms with Crippen LogP contribution in [0.1, 0.15) is 21.1 Å². The zero-order chi connectivity index (χ0) is 15.9. The van der Waals surface area contributed by atoms with E-state index < -0.39 is 15.9 Å². The lowest BCUT2D eigenvalue weighted by Crippen LogP contribution is -2.36. The third-order valence-corrected chi connectivity index (χ3v) is 5.20.